The lowest BCUT2D eigenvalue weighted by Gasteiger charge is -2.05. The summed E-state index contributed by atoms with van der Waals surface area (Å²) in [5.74, 6) is 0.316. The van der Waals surface area contributed by atoms with E-state index in [9.17, 15) is 18.9 Å². The first kappa shape index (κ1) is 16.4. The van der Waals surface area contributed by atoms with Gasteiger partial charge in [0.05, 0.1) is 17.0 Å². The van der Waals surface area contributed by atoms with Crippen LogP contribution < -0.4 is 9.47 Å². The van der Waals surface area contributed by atoms with Crippen molar-refractivity contribution in [1.82, 2.24) is 0 Å². The number of hydrogen-bond acceptors (Lipinski definition) is 6. The highest BCUT2D eigenvalue weighted by atomic mass is 32.2. The molecule has 0 aromatic heterocycles. The Morgan fingerprint density at radius 1 is 1.04 bits per heavy atom. The molecule has 2 aromatic carbocycles. The Labute approximate surface area is 151 Å². The standard InChI is InChI=1S/C19H14N2O4S/c1-12-2-5-14(6-3-12)26(22,23)18-17(19(18,9-20)10-21)13-4-7-15-16(8-13)25-11-24-15/h2-8,17-18H,11H2,1H3/t17-,18-/m1/s1. The number of ether oxygens (including phenoxy) is 2. The van der Waals surface area contributed by atoms with Crippen LogP contribution in [0.5, 0.6) is 11.5 Å². The van der Waals surface area contributed by atoms with Crippen molar-refractivity contribution in [1.29, 1.82) is 10.5 Å². The third-order valence-corrected chi connectivity index (χ3v) is 7.18. The van der Waals surface area contributed by atoms with Crippen molar-refractivity contribution in [3.05, 3.63) is 53.6 Å². The van der Waals surface area contributed by atoms with Crippen LogP contribution in [-0.4, -0.2) is 20.5 Å². The van der Waals surface area contributed by atoms with Crippen molar-refractivity contribution in [3.8, 4) is 23.6 Å². The number of aryl methyl sites for hydroxylation is 1. The lowest BCUT2D eigenvalue weighted by Crippen LogP contribution is -2.14. The number of rotatable bonds is 3. The van der Waals surface area contributed by atoms with Gasteiger partial charge in [0.2, 0.25) is 6.79 Å². The number of nitriles is 2. The molecule has 26 heavy (non-hydrogen) atoms. The van der Waals surface area contributed by atoms with E-state index in [2.05, 4.69) is 0 Å². The molecule has 1 aliphatic heterocycles. The number of nitrogens with zero attached hydrogens (tertiary/aromatic N) is 2. The van der Waals surface area contributed by atoms with E-state index in [1.807, 2.05) is 19.1 Å². The van der Waals surface area contributed by atoms with Crippen LogP contribution in [-0.2, 0) is 9.84 Å². The average Bonchev–Trinajstić information content (AvgIpc) is 3.12. The summed E-state index contributed by atoms with van der Waals surface area (Å²) in [6, 6.07) is 15.3. The fraction of sp³-hybridized carbons (Fsp3) is 0.263. The minimum Gasteiger partial charge on any atom is -0.454 e. The Morgan fingerprint density at radius 2 is 1.69 bits per heavy atom. The molecular weight excluding hydrogens is 352 g/mol. The van der Waals surface area contributed by atoms with Gasteiger partial charge in [-0.2, -0.15) is 10.5 Å². The van der Waals surface area contributed by atoms with E-state index in [-0.39, 0.29) is 11.7 Å². The third kappa shape index (κ3) is 2.18. The van der Waals surface area contributed by atoms with Crippen LogP contribution in [0.1, 0.15) is 17.0 Å². The zero-order valence-electron chi connectivity index (χ0n) is 13.8. The van der Waals surface area contributed by atoms with E-state index < -0.39 is 26.4 Å². The van der Waals surface area contributed by atoms with Gasteiger partial charge in [0.1, 0.15) is 5.25 Å². The van der Waals surface area contributed by atoms with E-state index in [4.69, 9.17) is 9.47 Å². The monoisotopic (exact) mass is 366 g/mol. The van der Waals surface area contributed by atoms with E-state index in [0.717, 1.165) is 5.56 Å². The quantitative estimate of drug-likeness (QED) is 0.828. The fourth-order valence-electron chi connectivity index (χ4n) is 3.49. The van der Waals surface area contributed by atoms with Crippen molar-refractivity contribution in [2.24, 2.45) is 5.41 Å². The zero-order valence-corrected chi connectivity index (χ0v) is 14.7. The van der Waals surface area contributed by atoms with Crippen LogP contribution in [0.3, 0.4) is 0 Å². The Bertz CT molecular complexity index is 1060. The van der Waals surface area contributed by atoms with Gasteiger partial charge in [0.15, 0.2) is 26.8 Å². The maximum atomic E-state index is 13.1. The van der Waals surface area contributed by atoms with Crippen LogP contribution in [0.2, 0.25) is 0 Å². The molecule has 0 N–H and O–H groups in total. The summed E-state index contributed by atoms with van der Waals surface area (Å²) in [5.41, 5.74) is -0.103. The second-order valence-corrected chi connectivity index (χ2v) is 8.53. The molecule has 1 heterocycles. The van der Waals surface area contributed by atoms with Gasteiger partial charge >= 0.3 is 0 Å². The minimum absolute atomic E-state index is 0.0934. The average molecular weight is 366 g/mol. The second-order valence-electron chi connectivity index (χ2n) is 6.46. The van der Waals surface area contributed by atoms with Gasteiger partial charge in [-0.15, -0.1) is 0 Å². The second kappa shape index (κ2) is 5.48. The molecule has 0 unspecified atom stereocenters. The van der Waals surface area contributed by atoms with E-state index in [0.29, 0.717) is 17.1 Å². The molecule has 1 fully saturated rings. The van der Waals surface area contributed by atoms with Gasteiger partial charge in [-0.3, -0.25) is 0 Å². The molecule has 0 spiro atoms. The molecule has 0 saturated heterocycles. The molecule has 1 aliphatic carbocycles. The number of sulfone groups is 1. The molecule has 130 valence electrons. The zero-order chi connectivity index (χ0) is 18.5. The molecule has 6 nitrogen and oxygen atoms in total. The van der Waals surface area contributed by atoms with Gasteiger partial charge in [-0.05, 0) is 36.8 Å². The molecule has 0 bridgehead atoms. The van der Waals surface area contributed by atoms with Crippen molar-refractivity contribution >= 4 is 9.84 Å². The first-order chi connectivity index (χ1) is 12.4. The molecule has 2 aliphatic rings. The molecule has 1 saturated carbocycles. The highest BCUT2D eigenvalue weighted by Gasteiger charge is 2.73. The normalized spacial score (nSPS) is 22.3. The van der Waals surface area contributed by atoms with Gasteiger partial charge in [0.25, 0.3) is 0 Å². The minimum atomic E-state index is -3.84. The summed E-state index contributed by atoms with van der Waals surface area (Å²) in [7, 11) is -3.84. The van der Waals surface area contributed by atoms with Gasteiger partial charge < -0.3 is 9.47 Å². The number of benzene rings is 2. The third-order valence-electron chi connectivity index (χ3n) is 4.94. The van der Waals surface area contributed by atoms with E-state index >= 15 is 0 Å². The summed E-state index contributed by atoms with van der Waals surface area (Å²) in [5, 5.41) is 18.1. The smallest absolute Gasteiger partial charge is 0.231 e. The highest BCUT2D eigenvalue weighted by molar-refractivity contribution is 7.92. The molecule has 2 aromatic rings. The molecular formula is C19H14N2O4S. The summed E-state index contributed by atoms with van der Waals surface area (Å²) < 4.78 is 36.8. The maximum Gasteiger partial charge on any atom is 0.231 e. The predicted molar refractivity (Wildman–Crippen MR) is 91.1 cm³/mol. The topological polar surface area (TPSA) is 100 Å². The summed E-state index contributed by atoms with van der Waals surface area (Å²) in [4.78, 5) is 0.117. The first-order valence-electron chi connectivity index (χ1n) is 7.96. The van der Waals surface area contributed by atoms with Crippen LogP contribution in [0.25, 0.3) is 0 Å². The van der Waals surface area contributed by atoms with Crippen molar-refractivity contribution in [2.75, 3.05) is 6.79 Å². The van der Waals surface area contributed by atoms with Crippen LogP contribution >= 0.6 is 0 Å². The van der Waals surface area contributed by atoms with Gasteiger partial charge in [-0.25, -0.2) is 8.42 Å². The largest absolute Gasteiger partial charge is 0.454 e. The molecule has 0 radical (unpaired) electrons. The molecule has 7 heteroatoms. The fourth-order valence-corrected chi connectivity index (χ4v) is 5.69. The van der Waals surface area contributed by atoms with E-state index in [1.54, 1.807) is 30.3 Å². The lowest BCUT2D eigenvalue weighted by molar-refractivity contribution is 0.174. The van der Waals surface area contributed by atoms with Crippen LogP contribution in [0.4, 0.5) is 0 Å². The maximum absolute atomic E-state index is 13.1. The van der Waals surface area contributed by atoms with Gasteiger partial charge in [-0.1, -0.05) is 23.8 Å². The van der Waals surface area contributed by atoms with Crippen molar-refractivity contribution < 1.29 is 17.9 Å². The molecule has 2 atom stereocenters. The van der Waals surface area contributed by atoms with Crippen LogP contribution in [0.15, 0.2) is 47.4 Å². The first-order valence-corrected chi connectivity index (χ1v) is 9.51. The number of fused-ring (bicyclic) bond motifs is 1. The Hall–Kier alpha value is -3.03. The van der Waals surface area contributed by atoms with Crippen molar-refractivity contribution in [3.63, 3.8) is 0 Å². The summed E-state index contributed by atoms with van der Waals surface area (Å²) >= 11 is 0. The molecule has 0 amide bonds. The Kier molecular flexibility index (Phi) is 3.47. The summed E-state index contributed by atoms with van der Waals surface area (Å²) in [6.45, 7) is 1.95. The lowest BCUT2D eigenvalue weighted by atomic mass is 10.0. The van der Waals surface area contributed by atoms with Gasteiger partial charge in [0, 0.05) is 5.92 Å². The number of hydrogen-bond donors (Lipinski definition) is 0. The highest BCUT2D eigenvalue weighted by Crippen LogP contribution is 2.64. The molecule has 4 rings (SSSR count). The SMILES string of the molecule is Cc1ccc(S(=O)(=O)[C@@H]2[C@@H](c3ccc4c(c3)OCO4)C2(C#N)C#N)cc1. The summed E-state index contributed by atoms with van der Waals surface area (Å²) in [6.07, 6.45) is 0. The Morgan fingerprint density at radius 3 is 2.35 bits per heavy atom. The predicted octanol–water partition coefficient (Wildman–Crippen LogP) is 2.70. The van der Waals surface area contributed by atoms with Crippen LogP contribution in [0, 0.1) is 35.0 Å². The van der Waals surface area contributed by atoms with E-state index in [1.165, 1.54) is 12.1 Å². The Balaban J connectivity index is 1.79. The van der Waals surface area contributed by atoms with Crippen molar-refractivity contribution in [2.45, 2.75) is 23.0 Å².